The highest BCUT2D eigenvalue weighted by Gasteiger charge is 2.12. The second-order valence-corrected chi connectivity index (χ2v) is 6.45. The normalized spacial score (nSPS) is 11.6. The van der Waals surface area contributed by atoms with E-state index in [0.29, 0.717) is 23.2 Å². The van der Waals surface area contributed by atoms with Gasteiger partial charge in [0.25, 0.3) is 5.56 Å². The molecule has 0 aliphatic rings. The molecule has 1 aromatic heterocycles. The quantitative estimate of drug-likeness (QED) is 0.500. The summed E-state index contributed by atoms with van der Waals surface area (Å²) >= 11 is 0. The summed E-state index contributed by atoms with van der Waals surface area (Å²) in [6.45, 7) is 2.48. The van der Waals surface area contributed by atoms with Crippen molar-refractivity contribution in [2.45, 2.75) is 6.92 Å². The highest BCUT2D eigenvalue weighted by atomic mass is 16.5. The van der Waals surface area contributed by atoms with Crippen molar-refractivity contribution in [3.05, 3.63) is 100 Å². The summed E-state index contributed by atoms with van der Waals surface area (Å²) in [5, 5.41) is 10.6. The van der Waals surface area contributed by atoms with Crippen LogP contribution >= 0.6 is 0 Å². The van der Waals surface area contributed by atoms with Gasteiger partial charge in [-0.25, -0.2) is 4.98 Å². The lowest BCUT2D eigenvalue weighted by molar-refractivity contribution is 0.340. The third kappa shape index (κ3) is 3.75. The summed E-state index contributed by atoms with van der Waals surface area (Å²) in [5.41, 5.74) is 2.56. The molecular weight excluding hydrogens is 364 g/mol. The van der Waals surface area contributed by atoms with Crippen molar-refractivity contribution in [3.8, 4) is 11.4 Å². The van der Waals surface area contributed by atoms with E-state index in [1.807, 2.05) is 61.5 Å². The van der Waals surface area contributed by atoms with Crippen molar-refractivity contribution < 1.29 is 9.84 Å². The summed E-state index contributed by atoms with van der Waals surface area (Å²) in [6.07, 6.45) is 1.41. The van der Waals surface area contributed by atoms with Crippen LogP contribution in [0.15, 0.2) is 83.7 Å². The van der Waals surface area contributed by atoms with E-state index in [9.17, 15) is 9.90 Å². The number of hydrogen-bond acceptors (Lipinski definition) is 4. The van der Waals surface area contributed by atoms with E-state index in [1.165, 1.54) is 6.08 Å². The van der Waals surface area contributed by atoms with Gasteiger partial charge < -0.3 is 9.84 Å². The zero-order valence-corrected chi connectivity index (χ0v) is 15.9. The summed E-state index contributed by atoms with van der Waals surface area (Å²) in [4.78, 5) is 17.7. The number of para-hydroxylation sites is 3. The standard InChI is InChI=1S/C24H20N2O3/c1-2-29-19-14-12-17(13-15-19)23(27)16-21-24(28)26(18-8-4-3-5-9-18)22-11-7-6-10-20(22)25-21/h3-16,27H,2H2,1H3/b23-16-. The van der Waals surface area contributed by atoms with Crippen molar-refractivity contribution in [2.75, 3.05) is 6.61 Å². The molecule has 0 bridgehead atoms. The summed E-state index contributed by atoms with van der Waals surface area (Å²) in [5.74, 6) is 0.687. The minimum Gasteiger partial charge on any atom is -0.507 e. The Morgan fingerprint density at radius 3 is 2.41 bits per heavy atom. The fraction of sp³-hybridized carbons (Fsp3) is 0.0833. The highest BCUT2D eigenvalue weighted by molar-refractivity contribution is 5.81. The molecular formula is C24H20N2O3. The van der Waals surface area contributed by atoms with Crippen LogP contribution in [0.5, 0.6) is 5.75 Å². The Hall–Kier alpha value is -3.86. The number of ether oxygens (including phenoxy) is 1. The van der Waals surface area contributed by atoms with Crippen LogP contribution in [0.2, 0.25) is 0 Å². The molecule has 4 aromatic rings. The van der Waals surface area contributed by atoms with Crippen LogP contribution in [0, 0.1) is 0 Å². The first kappa shape index (κ1) is 18.5. The molecule has 5 heteroatoms. The van der Waals surface area contributed by atoms with E-state index in [2.05, 4.69) is 4.98 Å². The van der Waals surface area contributed by atoms with Gasteiger partial charge in [-0.1, -0.05) is 30.3 Å². The van der Waals surface area contributed by atoms with Crippen molar-refractivity contribution >= 4 is 22.9 Å². The molecule has 0 spiro atoms. The Bertz CT molecular complexity index is 1230. The van der Waals surface area contributed by atoms with Gasteiger partial charge in [0.2, 0.25) is 0 Å². The Morgan fingerprint density at radius 1 is 1.00 bits per heavy atom. The molecule has 0 aliphatic carbocycles. The fourth-order valence-electron chi connectivity index (χ4n) is 3.18. The molecule has 0 atom stereocenters. The molecule has 3 aromatic carbocycles. The van der Waals surface area contributed by atoms with Crippen LogP contribution in [0.25, 0.3) is 28.6 Å². The average Bonchev–Trinajstić information content (AvgIpc) is 2.75. The third-order valence-corrected chi connectivity index (χ3v) is 4.53. The SMILES string of the molecule is CCOc1ccc(/C(O)=C/c2nc3ccccc3n(-c3ccccc3)c2=O)cc1. The van der Waals surface area contributed by atoms with E-state index in [0.717, 1.165) is 11.4 Å². The van der Waals surface area contributed by atoms with Crippen molar-refractivity contribution in [1.82, 2.24) is 9.55 Å². The first-order chi connectivity index (χ1) is 14.2. The van der Waals surface area contributed by atoms with E-state index in [1.54, 1.807) is 28.8 Å². The Labute approximate surface area is 168 Å². The maximum Gasteiger partial charge on any atom is 0.281 e. The number of fused-ring (bicyclic) bond motifs is 1. The lowest BCUT2D eigenvalue weighted by Gasteiger charge is -2.11. The number of aliphatic hydroxyl groups excluding tert-OH is 1. The lowest BCUT2D eigenvalue weighted by Crippen LogP contribution is -2.22. The number of nitrogens with zero attached hydrogens (tertiary/aromatic N) is 2. The van der Waals surface area contributed by atoms with Crippen molar-refractivity contribution in [1.29, 1.82) is 0 Å². The van der Waals surface area contributed by atoms with E-state index in [4.69, 9.17) is 4.74 Å². The summed E-state index contributed by atoms with van der Waals surface area (Å²) < 4.78 is 7.03. The van der Waals surface area contributed by atoms with Crippen LogP contribution in [0.3, 0.4) is 0 Å². The number of rotatable bonds is 5. The summed E-state index contributed by atoms with van der Waals surface area (Å²) in [6, 6.07) is 23.9. The predicted octanol–water partition coefficient (Wildman–Crippen LogP) is 4.84. The molecule has 0 saturated heterocycles. The minimum absolute atomic E-state index is 0.0347. The van der Waals surface area contributed by atoms with E-state index < -0.39 is 0 Å². The number of aromatic nitrogens is 2. The largest absolute Gasteiger partial charge is 0.507 e. The van der Waals surface area contributed by atoms with Gasteiger partial charge in [-0.2, -0.15) is 0 Å². The summed E-state index contributed by atoms with van der Waals surface area (Å²) in [7, 11) is 0. The number of aliphatic hydroxyl groups is 1. The Morgan fingerprint density at radius 2 is 1.69 bits per heavy atom. The maximum atomic E-state index is 13.2. The Kier molecular flexibility index (Phi) is 5.12. The highest BCUT2D eigenvalue weighted by Crippen LogP contribution is 2.20. The van der Waals surface area contributed by atoms with Gasteiger partial charge in [-0.3, -0.25) is 9.36 Å². The van der Waals surface area contributed by atoms with Crippen LogP contribution in [-0.2, 0) is 0 Å². The molecule has 29 heavy (non-hydrogen) atoms. The number of hydrogen-bond donors (Lipinski definition) is 1. The molecule has 1 N–H and O–H groups in total. The smallest absolute Gasteiger partial charge is 0.281 e. The maximum absolute atomic E-state index is 13.2. The lowest BCUT2D eigenvalue weighted by atomic mass is 10.1. The molecule has 0 fully saturated rings. The number of benzene rings is 3. The van der Waals surface area contributed by atoms with Gasteiger partial charge >= 0.3 is 0 Å². The minimum atomic E-state index is -0.299. The Balaban J connectivity index is 1.85. The van der Waals surface area contributed by atoms with Crippen molar-refractivity contribution in [2.24, 2.45) is 0 Å². The monoisotopic (exact) mass is 384 g/mol. The first-order valence-electron chi connectivity index (χ1n) is 9.38. The third-order valence-electron chi connectivity index (χ3n) is 4.53. The predicted molar refractivity (Wildman–Crippen MR) is 115 cm³/mol. The zero-order valence-electron chi connectivity index (χ0n) is 15.9. The van der Waals surface area contributed by atoms with Crippen LogP contribution in [0.1, 0.15) is 18.2 Å². The molecule has 0 radical (unpaired) electrons. The molecule has 0 aliphatic heterocycles. The molecule has 0 unspecified atom stereocenters. The first-order valence-corrected chi connectivity index (χ1v) is 9.38. The van der Waals surface area contributed by atoms with Gasteiger partial charge in [0.15, 0.2) is 0 Å². The van der Waals surface area contributed by atoms with Crippen LogP contribution in [-0.4, -0.2) is 21.3 Å². The van der Waals surface area contributed by atoms with Crippen LogP contribution < -0.4 is 10.3 Å². The molecule has 0 amide bonds. The van der Waals surface area contributed by atoms with E-state index in [-0.39, 0.29) is 17.0 Å². The van der Waals surface area contributed by atoms with Gasteiger partial charge in [0, 0.05) is 17.3 Å². The molecule has 5 nitrogen and oxygen atoms in total. The molecule has 144 valence electrons. The second-order valence-electron chi connectivity index (χ2n) is 6.45. The van der Waals surface area contributed by atoms with Gasteiger partial charge in [0.1, 0.15) is 17.2 Å². The van der Waals surface area contributed by atoms with E-state index >= 15 is 0 Å². The van der Waals surface area contributed by atoms with Gasteiger partial charge in [0.05, 0.1) is 17.6 Å². The van der Waals surface area contributed by atoms with Gasteiger partial charge in [-0.15, -0.1) is 0 Å². The van der Waals surface area contributed by atoms with Crippen molar-refractivity contribution in [3.63, 3.8) is 0 Å². The molecule has 1 heterocycles. The van der Waals surface area contributed by atoms with Crippen LogP contribution in [0.4, 0.5) is 0 Å². The molecule has 4 rings (SSSR count). The van der Waals surface area contributed by atoms with Gasteiger partial charge in [-0.05, 0) is 55.5 Å². The average molecular weight is 384 g/mol. The second kappa shape index (κ2) is 8.02. The topological polar surface area (TPSA) is 64.3 Å². The molecule has 0 saturated carbocycles. The fourth-order valence-corrected chi connectivity index (χ4v) is 3.18. The zero-order chi connectivity index (χ0) is 20.2.